The zero-order valence-electron chi connectivity index (χ0n) is 11.0. The third-order valence-corrected chi connectivity index (χ3v) is 4.77. The van der Waals surface area contributed by atoms with Crippen LogP contribution in [0.5, 0.6) is 0 Å². The van der Waals surface area contributed by atoms with Gasteiger partial charge in [-0.2, -0.15) is 0 Å². The quantitative estimate of drug-likeness (QED) is 0.849. The van der Waals surface area contributed by atoms with Crippen LogP contribution >= 0.6 is 11.3 Å². The largest absolute Gasteiger partial charge is 0.327 e. The molecular formula is C15H23NS. The van der Waals surface area contributed by atoms with Crippen molar-refractivity contribution in [1.29, 1.82) is 0 Å². The first-order chi connectivity index (χ1) is 8.20. The highest BCUT2D eigenvalue weighted by atomic mass is 32.1. The molecule has 2 N–H and O–H groups in total. The van der Waals surface area contributed by atoms with Crippen LogP contribution in [-0.2, 0) is 0 Å². The zero-order chi connectivity index (χ0) is 12.3. The topological polar surface area (TPSA) is 26.0 Å². The van der Waals surface area contributed by atoms with Crippen molar-refractivity contribution in [3.05, 3.63) is 27.0 Å². The Labute approximate surface area is 109 Å². The number of hydrogen-bond donors (Lipinski definition) is 1. The van der Waals surface area contributed by atoms with E-state index in [1.54, 1.807) is 0 Å². The van der Waals surface area contributed by atoms with E-state index in [-0.39, 0.29) is 0 Å². The van der Waals surface area contributed by atoms with Gasteiger partial charge in [0.1, 0.15) is 0 Å². The van der Waals surface area contributed by atoms with Crippen molar-refractivity contribution in [1.82, 2.24) is 0 Å². The van der Waals surface area contributed by atoms with Crippen molar-refractivity contribution in [3.8, 4) is 0 Å². The molecule has 1 saturated carbocycles. The lowest BCUT2D eigenvalue weighted by atomic mass is 9.83. The molecule has 2 rings (SSSR count). The van der Waals surface area contributed by atoms with Gasteiger partial charge in [-0.25, -0.2) is 0 Å². The molecular weight excluding hydrogens is 226 g/mol. The Morgan fingerprint density at radius 3 is 2.59 bits per heavy atom. The molecule has 1 aliphatic rings. The van der Waals surface area contributed by atoms with E-state index in [9.17, 15) is 0 Å². The lowest BCUT2D eigenvalue weighted by Gasteiger charge is -2.23. The predicted molar refractivity (Wildman–Crippen MR) is 77.4 cm³/mol. The summed E-state index contributed by atoms with van der Waals surface area (Å²) in [7, 11) is 0. The second-order valence-corrected chi connectivity index (χ2v) is 6.59. The highest BCUT2D eigenvalue weighted by Gasteiger charge is 2.17. The molecule has 2 heteroatoms. The van der Waals surface area contributed by atoms with Gasteiger partial charge < -0.3 is 5.73 Å². The first-order valence-corrected chi connectivity index (χ1v) is 7.50. The van der Waals surface area contributed by atoms with Gasteiger partial charge in [-0.15, -0.1) is 11.3 Å². The van der Waals surface area contributed by atoms with E-state index in [1.165, 1.54) is 53.0 Å². The Morgan fingerprint density at radius 2 is 2.06 bits per heavy atom. The Kier molecular flexibility index (Phi) is 4.41. The number of aryl methyl sites for hydroxylation is 2. The molecule has 1 aliphatic carbocycles. The first kappa shape index (κ1) is 12.8. The van der Waals surface area contributed by atoms with Gasteiger partial charge in [0.25, 0.3) is 0 Å². The van der Waals surface area contributed by atoms with Crippen molar-refractivity contribution >= 4 is 17.4 Å². The van der Waals surface area contributed by atoms with E-state index in [0.29, 0.717) is 0 Å². The van der Waals surface area contributed by atoms with Gasteiger partial charge in [0.15, 0.2) is 0 Å². The maximum absolute atomic E-state index is 5.94. The van der Waals surface area contributed by atoms with Crippen LogP contribution in [0.2, 0.25) is 0 Å². The SMILES string of the molecule is Cc1cc(C=C(CN)C2CCCCC2)c(C)s1. The number of thiophene rings is 1. The van der Waals surface area contributed by atoms with Gasteiger partial charge >= 0.3 is 0 Å². The molecule has 17 heavy (non-hydrogen) atoms. The van der Waals surface area contributed by atoms with Crippen molar-refractivity contribution in [3.63, 3.8) is 0 Å². The summed E-state index contributed by atoms with van der Waals surface area (Å²) < 4.78 is 0. The number of hydrogen-bond acceptors (Lipinski definition) is 2. The molecule has 0 radical (unpaired) electrons. The maximum atomic E-state index is 5.94. The number of nitrogens with two attached hydrogens (primary N) is 1. The smallest absolute Gasteiger partial charge is 0.0142 e. The summed E-state index contributed by atoms with van der Waals surface area (Å²) >= 11 is 1.88. The minimum atomic E-state index is 0.721. The molecule has 0 saturated heterocycles. The van der Waals surface area contributed by atoms with Crippen molar-refractivity contribution < 1.29 is 0 Å². The van der Waals surface area contributed by atoms with Gasteiger partial charge in [-0.3, -0.25) is 0 Å². The van der Waals surface area contributed by atoms with Crippen LogP contribution < -0.4 is 5.73 Å². The summed E-state index contributed by atoms with van der Waals surface area (Å²) in [5.74, 6) is 0.744. The molecule has 94 valence electrons. The molecule has 0 unspecified atom stereocenters. The summed E-state index contributed by atoms with van der Waals surface area (Å²) in [6.07, 6.45) is 9.20. The van der Waals surface area contributed by atoms with Gasteiger partial charge in [-0.1, -0.05) is 30.9 Å². The number of rotatable bonds is 3. The van der Waals surface area contributed by atoms with Gasteiger partial charge in [-0.05, 0) is 44.2 Å². The molecule has 0 amide bonds. The Balaban J connectivity index is 2.19. The molecule has 1 heterocycles. The molecule has 1 fully saturated rings. The van der Waals surface area contributed by atoms with Crippen LogP contribution in [0.3, 0.4) is 0 Å². The summed E-state index contributed by atoms with van der Waals surface area (Å²) in [4.78, 5) is 2.82. The minimum absolute atomic E-state index is 0.721. The van der Waals surface area contributed by atoms with E-state index in [1.807, 2.05) is 11.3 Å². The second kappa shape index (κ2) is 5.83. The highest BCUT2D eigenvalue weighted by Crippen LogP contribution is 2.31. The molecule has 1 nitrogen and oxygen atoms in total. The fourth-order valence-electron chi connectivity index (χ4n) is 2.81. The third kappa shape index (κ3) is 3.20. The van der Waals surface area contributed by atoms with Gasteiger partial charge in [0.05, 0.1) is 0 Å². The summed E-state index contributed by atoms with van der Waals surface area (Å²) in [5.41, 5.74) is 8.79. The fraction of sp³-hybridized carbons (Fsp3) is 0.600. The summed E-state index contributed by atoms with van der Waals surface area (Å²) in [6.45, 7) is 5.11. The van der Waals surface area contributed by atoms with Crippen LogP contribution in [0, 0.1) is 19.8 Å². The van der Waals surface area contributed by atoms with E-state index in [0.717, 1.165) is 12.5 Å². The van der Waals surface area contributed by atoms with Crippen LogP contribution in [0.15, 0.2) is 11.6 Å². The minimum Gasteiger partial charge on any atom is -0.327 e. The van der Waals surface area contributed by atoms with E-state index >= 15 is 0 Å². The summed E-state index contributed by atoms with van der Waals surface area (Å²) in [5, 5.41) is 0. The van der Waals surface area contributed by atoms with E-state index in [2.05, 4.69) is 26.0 Å². The standard InChI is InChI=1S/C15H23NS/c1-11-8-14(12(2)17-11)9-15(10-16)13-6-4-3-5-7-13/h8-9,13H,3-7,10,16H2,1-2H3. The predicted octanol–water partition coefficient (Wildman–Crippen LogP) is 4.29. The molecule has 0 aromatic carbocycles. The summed E-state index contributed by atoms with van der Waals surface area (Å²) in [6, 6.07) is 2.29. The first-order valence-electron chi connectivity index (χ1n) is 6.68. The average molecular weight is 249 g/mol. The third-order valence-electron chi connectivity index (χ3n) is 3.79. The van der Waals surface area contributed by atoms with Crippen LogP contribution in [0.25, 0.3) is 6.08 Å². The molecule has 0 bridgehead atoms. The lowest BCUT2D eigenvalue weighted by Crippen LogP contribution is -2.16. The molecule has 0 aliphatic heterocycles. The highest BCUT2D eigenvalue weighted by molar-refractivity contribution is 7.12. The lowest BCUT2D eigenvalue weighted by molar-refractivity contribution is 0.401. The van der Waals surface area contributed by atoms with E-state index < -0.39 is 0 Å². The van der Waals surface area contributed by atoms with Crippen molar-refractivity contribution in [2.45, 2.75) is 46.0 Å². The Bertz CT molecular complexity index is 397. The van der Waals surface area contributed by atoms with Crippen LogP contribution in [-0.4, -0.2) is 6.54 Å². The van der Waals surface area contributed by atoms with Crippen molar-refractivity contribution in [2.75, 3.05) is 6.54 Å². The molecule has 1 aromatic heterocycles. The molecule has 0 spiro atoms. The Morgan fingerprint density at radius 1 is 1.35 bits per heavy atom. The normalized spacial score (nSPS) is 18.6. The van der Waals surface area contributed by atoms with E-state index in [4.69, 9.17) is 5.73 Å². The second-order valence-electron chi connectivity index (χ2n) is 5.13. The maximum Gasteiger partial charge on any atom is 0.0142 e. The zero-order valence-corrected chi connectivity index (χ0v) is 11.8. The molecule has 0 atom stereocenters. The fourth-order valence-corrected chi connectivity index (χ4v) is 3.71. The average Bonchev–Trinajstić information content (AvgIpc) is 2.66. The van der Waals surface area contributed by atoms with Crippen LogP contribution in [0.4, 0.5) is 0 Å². The van der Waals surface area contributed by atoms with Gasteiger partial charge in [0.2, 0.25) is 0 Å². The van der Waals surface area contributed by atoms with Crippen LogP contribution in [0.1, 0.15) is 47.4 Å². The molecule has 1 aromatic rings. The van der Waals surface area contributed by atoms with Gasteiger partial charge in [0, 0.05) is 16.3 Å². The monoisotopic (exact) mass is 249 g/mol. The Hall–Kier alpha value is -0.600. The van der Waals surface area contributed by atoms with Crippen molar-refractivity contribution in [2.24, 2.45) is 11.7 Å².